The van der Waals surface area contributed by atoms with Gasteiger partial charge in [-0.2, -0.15) is 11.8 Å². The average molecular weight is 318 g/mol. The van der Waals surface area contributed by atoms with E-state index in [1.54, 1.807) is 0 Å². The number of carbonyl (C=O) groups excluding carboxylic acids is 1. The fraction of sp³-hybridized carbons (Fsp3) is 0.857. The van der Waals surface area contributed by atoms with E-state index in [4.69, 9.17) is 17.2 Å². The number of hydrogen-bond acceptors (Lipinski definition) is 5. The van der Waals surface area contributed by atoms with Gasteiger partial charge in [0.2, 0.25) is 0 Å². The van der Waals surface area contributed by atoms with Crippen LogP contribution in [0, 0.1) is 5.92 Å². The van der Waals surface area contributed by atoms with Gasteiger partial charge in [-0.3, -0.25) is 15.1 Å². The van der Waals surface area contributed by atoms with Gasteiger partial charge in [0, 0.05) is 19.6 Å². The molecule has 7 heteroatoms. The smallest absolute Gasteiger partial charge is 0.185 e. The first-order valence-corrected chi connectivity index (χ1v) is 8.91. The minimum atomic E-state index is -0.183. The Morgan fingerprint density at radius 1 is 1.29 bits per heavy atom. The number of nitrogens with two attached hydrogens (primary N) is 3. The van der Waals surface area contributed by atoms with Crippen molar-refractivity contribution in [3.05, 3.63) is 0 Å². The largest absolute Gasteiger partial charge is 0.370 e. The van der Waals surface area contributed by atoms with Crippen molar-refractivity contribution in [2.75, 3.05) is 25.2 Å². The second-order valence-corrected chi connectivity index (χ2v) is 6.29. The highest BCUT2D eigenvalue weighted by atomic mass is 32.2. The third kappa shape index (κ3) is 11.5. The van der Waals surface area contributed by atoms with Gasteiger partial charge in [-0.05, 0) is 43.6 Å². The summed E-state index contributed by atoms with van der Waals surface area (Å²) in [7, 11) is 0. The molecule has 0 aliphatic heterocycles. The minimum Gasteiger partial charge on any atom is -0.370 e. The van der Waals surface area contributed by atoms with Crippen molar-refractivity contribution in [3.8, 4) is 0 Å². The standard InChI is InChI=1S/C14H31N5OS/c1-11(7-9-21-2)5-6-13(20)12(19-10-15)4-3-8-18-14(16)17/h11-12,19H,3-10,15H2,1-2H3,(H4,16,17,18). The number of Topliss-reactive ketones (excluding diaryl/α,β-unsaturated/α-hetero) is 1. The van der Waals surface area contributed by atoms with Crippen LogP contribution in [0.2, 0.25) is 0 Å². The lowest BCUT2D eigenvalue weighted by Gasteiger charge is -2.17. The van der Waals surface area contributed by atoms with Gasteiger partial charge < -0.3 is 17.2 Å². The summed E-state index contributed by atoms with van der Waals surface area (Å²) in [4.78, 5) is 16.2. The van der Waals surface area contributed by atoms with Crippen LogP contribution in [0.4, 0.5) is 0 Å². The SMILES string of the molecule is CSCCC(C)CCC(=O)C(CCCN=C(N)N)NCN. The highest BCUT2D eigenvalue weighted by Crippen LogP contribution is 2.14. The molecule has 0 rings (SSSR count). The number of aliphatic imine (C=N–C) groups is 1. The van der Waals surface area contributed by atoms with Gasteiger partial charge >= 0.3 is 0 Å². The lowest BCUT2D eigenvalue weighted by atomic mass is 9.96. The van der Waals surface area contributed by atoms with E-state index >= 15 is 0 Å². The highest BCUT2D eigenvalue weighted by molar-refractivity contribution is 7.98. The zero-order valence-electron chi connectivity index (χ0n) is 13.3. The molecule has 0 amide bonds. The quantitative estimate of drug-likeness (QED) is 0.171. The molecule has 21 heavy (non-hydrogen) atoms. The Balaban J connectivity index is 4.07. The lowest BCUT2D eigenvalue weighted by Crippen LogP contribution is -2.40. The van der Waals surface area contributed by atoms with Gasteiger partial charge in [0.05, 0.1) is 6.04 Å². The number of hydrogen-bond donors (Lipinski definition) is 4. The molecule has 0 spiro atoms. The Morgan fingerprint density at radius 3 is 2.57 bits per heavy atom. The van der Waals surface area contributed by atoms with Gasteiger partial charge in [0.15, 0.2) is 5.96 Å². The molecule has 0 aromatic carbocycles. The number of guanidine groups is 1. The molecule has 0 bridgehead atoms. The molecule has 124 valence electrons. The van der Waals surface area contributed by atoms with Gasteiger partial charge in [0.25, 0.3) is 0 Å². The predicted molar refractivity (Wildman–Crippen MR) is 92.3 cm³/mol. The molecule has 0 heterocycles. The molecule has 0 aliphatic rings. The first-order valence-electron chi connectivity index (χ1n) is 7.51. The summed E-state index contributed by atoms with van der Waals surface area (Å²) >= 11 is 1.85. The fourth-order valence-corrected chi connectivity index (χ4v) is 2.69. The van der Waals surface area contributed by atoms with E-state index in [9.17, 15) is 4.79 Å². The van der Waals surface area contributed by atoms with Crippen molar-refractivity contribution in [2.24, 2.45) is 28.1 Å². The maximum Gasteiger partial charge on any atom is 0.185 e. The van der Waals surface area contributed by atoms with Crippen molar-refractivity contribution < 1.29 is 4.79 Å². The van der Waals surface area contributed by atoms with Crippen LogP contribution in [-0.4, -0.2) is 43.0 Å². The Bertz CT molecular complexity index is 308. The summed E-state index contributed by atoms with van der Waals surface area (Å²) in [6.45, 7) is 3.05. The van der Waals surface area contributed by atoms with Crippen LogP contribution in [0.15, 0.2) is 4.99 Å². The summed E-state index contributed by atoms with van der Waals surface area (Å²) in [5.74, 6) is 2.06. The molecule has 0 fully saturated rings. The molecule has 6 nitrogen and oxygen atoms in total. The van der Waals surface area contributed by atoms with Crippen molar-refractivity contribution in [3.63, 3.8) is 0 Å². The van der Waals surface area contributed by atoms with E-state index in [1.807, 2.05) is 11.8 Å². The summed E-state index contributed by atoms with van der Waals surface area (Å²) in [6.07, 6.45) is 6.30. The van der Waals surface area contributed by atoms with Crippen LogP contribution in [0.25, 0.3) is 0 Å². The molecular formula is C14H31N5OS. The molecule has 2 unspecified atom stereocenters. The monoisotopic (exact) mass is 317 g/mol. The second kappa shape index (κ2) is 12.9. The molecule has 0 saturated carbocycles. The predicted octanol–water partition coefficient (Wildman–Crippen LogP) is 0.653. The van der Waals surface area contributed by atoms with Crippen molar-refractivity contribution in [2.45, 2.75) is 45.1 Å². The third-order valence-electron chi connectivity index (χ3n) is 3.40. The van der Waals surface area contributed by atoms with Crippen LogP contribution >= 0.6 is 11.8 Å². The van der Waals surface area contributed by atoms with Gasteiger partial charge in [-0.1, -0.05) is 6.92 Å². The van der Waals surface area contributed by atoms with Crippen LogP contribution in [0.1, 0.15) is 39.0 Å². The maximum atomic E-state index is 12.2. The number of carbonyl (C=O) groups is 1. The minimum absolute atomic E-state index is 0.0901. The van der Waals surface area contributed by atoms with E-state index in [0.717, 1.165) is 25.0 Å². The lowest BCUT2D eigenvalue weighted by molar-refractivity contribution is -0.121. The zero-order valence-corrected chi connectivity index (χ0v) is 14.1. The topological polar surface area (TPSA) is 120 Å². The van der Waals surface area contributed by atoms with Crippen molar-refractivity contribution in [1.82, 2.24) is 5.32 Å². The summed E-state index contributed by atoms with van der Waals surface area (Å²) in [6, 6.07) is -0.183. The number of thioether (sulfide) groups is 1. The fourth-order valence-electron chi connectivity index (χ4n) is 2.05. The molecule has 0 radical (unpaired) electrons. The first kappa shape index (κ1) is 20.2. The molecule has 0 aliphatic carbocycles. The highest BCUT2D eigenvalue weighted by Gasteiger charge is 2.17. The summed E-state index contributed by atoms with van der Waals surface area (Å²) < 4.78 is 0. The van der Waals surface area contributed by atoms with Gasteiger partial charge in [0.1, 0.15) is 5.78 Å². The van der Waals surface area contributed by atoms with Crippen LogP contribution in [0.3, 0.4) is 0 Å². The van der Waals surface area contributed by atoms with E-state index < -0.39 is 0 Å². The first-order chi connectivity index (χ1) is 10.0. The Kier molecular flexibility index (Phi) is 12.4. The Labute approximate surface area is 132 Å². The van der Waals surface area contributed by atoms with Crippen molar-refractivity contribution in [1.29, 1.82) is 0 Å². The van der Waals surface area contributed by atoms with Gasteiger partial charge in [-0.15, -0.1) is 0 Å². The third-order valence-corrected chi connectivity index (χ3v) is 4.04. The molecule has 0 aromatic rings. The number of nitrogens with zero attached hydrogens (tertiary/aromatic N) is 1. The van der Waals surface area contributed by atoms with Gasteiger partial charge in [-0.25, -0.2) is 0 Å². The Hall–Kier alpha value is -0.790. The van der Waals surface area contributed by atoms with Crippen LogP contribution in [-0.2, 0) is 4.79 Å². The van der Waals surface area contributed by atoms with Crippen LogP contribution in [0.5, 0.6) is 0 Å². The summed E-state index contributed by atoms with van der Waals surface area (Å²) in [5, 5.41) is 3.05. The van der Waals surface area contributed by atoms with E-state index in [1.165, 1.54) is 0 Å². The molecule has 0 aromatic heterocycles. The van der Waals surface area contributed by atoms with E-state index in [0.29, 0.717) is 32.0 Å². The second-order valence-electron chi connectivity index (χ2n) is 5.30. The number of nitrogens with one attached hydrogen (secondary N) is 1. The molecule has 0 saturated heterocycles. The van der Waals surface area contributed by atoms with Crippen molar-refractivity contribution >= 4 is 23.5 Å². The number of rotatable bonds is 13. The van der Waals surface area contributed by atoms with Crippen LogP contribution < -0.4 is 22.5 Å². The normalized spacial score (nSPS) is 13.7. The molecule has 7 N–H and O–H groups in total. The van der Waals surface area contributed by atoms with E-state index in [-0.39, 0.29) is 17.8 Å². The van der Waals surface area contributed by atoms with E-state index in [2.05, 4.69) is 23.5 Å². The zero-order chi connectivity index (χ0) is 16.1. The molecular weight excluding hydrogens is 286 g/mol. The number of ketones is 1. The molecule has 2 atom stereocenters. The summed E-state index contributed by atoms with van der Waals surface area (Å²) in [5.41, 5.74) is 16.1. The Morgan fingerprint density at radius 2 is 2.00 bits per heavy atom. The maximum absolute atomic E-state index is 12.2. The average Bonchev–Trinajstić information content (AvgIpc) is 2.45.